The van der Waals surface area contributed by atoms with E-state index in [1.807, 2.05) is 0 Å². The molecule has 0 bridgehead atoms. The molecule has 0 saturated carbocycles. The molecular formula is C16H34O6. The van der Waals surface area contributed by atoms with E-state index in [4.69, 9.17) is 24.4 Å². The van der Waals surface area contributed by atoms with Crippen LogP contribution in [0.5, 0.6) is 0 Å². The molecule has 3 N–H and O–H groups in total. The molecule has 22 heavy (non-hydrogen) atoms. The molecule has 0 rings (SSSR count). The Morgan fingerprint density at radius 1 is 0.591 bits per heavy atom. The van der Waals surface area contributed by atoms with Crippen LogP contribution in [0.4, 0.5) is 0 Å². The number of aliphatic hydroxyl groups is 3. The van der Waals surface area contributed by atoms with Crippen molar-refractivity contribution in [1.29, 1.82) is 0 Å². The third-order valence-corrected chi connectivity index (χ3v) is 3.25. The lowest BCUT2D eigenvalue weighted by Crippen LogP contribution is -2.17. The molecule has 0 fully saturated rings. The molecule has 0 aliphatic rings. The quantitative estimate of drug-likeness (QED) is 0.261. The minimum absolute atomic E-state index is 0.0258. The van der Waals surface area contributed by atoms with Crippen LogP contribution in [-0.4, -0.2) is 67.9 Å². The maximum Gasteiger partial charge on any atom is 0.154 e. The molecule has 6 nitrogen and oxygen atoms in total. The topological polar surface area (TPSA) is 88.4 Å². The summed E-state index contributed by atoms with van der Waals surface area (Å²) in [6, 6.07) is 0. The van der Waals surface area contributed by atoms with Crippen LogP contribution in [0.15, 0.2) is 0 Å². The second-order valence-electron chi connectivity index (χ2n) is 5.26. The van der Waals surface area contributed by atoms with Crippen LogP contribution in [0, 0.1) is 0 Å². The van der Waals surface area contributed by atoms with Gasteiger partial charge in [0.05, 0.1) is 39.6 Å². The van der Waals surface area contributed by atoms with Crippen molar-refractivity contribution in [3.63, 3.8) is 0 Å². The fraction of sp³-hybridized carbons (Fsp3) is 1.00. The van der Waals surface area contributed by atoms with E-state index >= 15 is 0 Å². The van der Waals surface area contributed by atoms with Gasteiger partial charge in [0.1, 0.15) is 0 Å². The van der Waals surface area contributed by atoms with E-state index in [0.29, 0.717) is 46.1 Å². The molecule has 0 aromatic carbocycles. The average molecular weight is 322 g/mol. The Balaban J connectivity index is 3.11. The van der Waals surface area contributed by atoms with E-state index < -0.39 is 6.29 Å². The highest BCUT2D eigenvalue weighted by Gasteiger charge is 2.03. The van der Waals surface area contributed by atoms with E-state index in [0.717, 1.165) is 25.7 Å². The first-order chi connectivity index (χ1) is 10.8. The predicted octanol–water partition coefficient (Wildman–Crippen LogP) is 1.46. The van der Waals surface area contributed by atoms with Crippen LogP contribution in [0.3, 0.4) is 0 Å². The fourth-order valence-electron chi connectivity index (χ4n) is 2.03. The van der Waals surface area contributed by atoms with Crippen LogP contribution in [-0.2, 0) is 14.2 Å². The standard InChI is InChI=1S/C16H34O6/c17-9-7-5-3-1-2-4-6-8-16(19)22-15-14-21-13-12-20-11-10-18/h16-19H,1-15H2. The first-order valence-electron chi connectivity index (χ1n) is 8.48. The van der Waals surface area contributed by atoms with E-state index in [9.17, 15) is 5.11 Å². The minimum Gasteiger partial charge on any atom is -0.396 e. The normalized spacial score (nSPS) is 12.7. The molecule has 0 aliphatic carbocycles. The Morgan fingerprint density at radius 2 is 1.14 bits per heavy atom. The summed E-state index contributed by atoms with van der Waals surface area (Å²) in [6.07, 6.45) is 7.60. The van der Waals surface area contributed by atoms with Gasteiger partial charge in [0, 0.05) is 6.61 Å². The highest BCUT2D eigenvalue weighted by Crippen LogP contribution is 2.10. The second-order valence-corrected chi connectivity index (χ2v) is 5.26. The molecule has 1 unspecified atom stereocenters. The molecule has 0 heterocycles. The Bertz CT molecular complexity index is 183. The first-order valence-corrected chi connectivity index (χ1v) is 8.48. The summed E-state index contributed by atoms with van der Waals surface area (Å²) in [5, 5.41) is 26.8. The molecule has 0 spiro atoms. The van der Waals surface area contributed by atoms with Gasteiger partial charge < -0.3 is 29.5 Å². The van der Waals surface area contributed by atoms with Crippen molar-refractivity contribution in [2.45, 2.75) is 57.7 Å². The van der Waals surface area contributed by atoms with Gasteiger partial charge in [0.2, 0.25) is 0 Å². The summed E-state index contributed by atoms with van der Waals surface area (Å²) >= 11 is 0. The van der Waals surface area contributed by atoms with Crippen LogP contribution >= 0.6 is 0 Å². The second kappa shape index (κ2) is 18.8. The van der Waals surface area contributed by atoms with Gasteiger partial charge in [-0.2, -0.15) is 0 Å². The van der Waals surface area contributed by atoms with Gasteiger partial charge in [0.25, 0.3) is 0 Å². The molecule has 0 aliphatic heterocycles. The maximum absolute atomic E-state index is 9.64. The summed E-state index contributed by atoms with van der Waals surface area (Å²) in [4.78, 5) is 0. The highest BCUT2D eigenvalue weighted by atomic mass is 16.6. The van der Waals surface area contributed by atoms with Gasteiger partial charge in [-0.25, -0.2) is 0 Å². The lowest BCUT2D eigenvalue weighted by atomic mass is 10.1. The van der Waals surface area contributed by atoms with Crippen molar-refractivity contribution >= 4 is 0 Å². The van der Waals surface area contributed by atoms with Gasteiger partial charge >= 0.3 is 0 Å². The molecule has 6 heteroatoms. The van der Waals surface area contributed by atoms with Crippen LogP contribution in [0.25, 0.3) is 0 Å². The Hall–Kier alpha value is -0.240. The summed E-state index contributed by atoms with van der Waals surface area (Å²) < 4.78 is 15.6. The fourth-order valence-corrected chi connectivity index (χ4v) is 2.03. The molecule has 0 radical (unpaired) electrons. The number of hydrogen-bond donors (Lipinski definition) is 3. The Kier molecular flexibility index (Phi) is 18.6. The molecule has 0 aromatic heterocycles. The molecule has 1 atom stereocenters. The first kappa shape index (κ1) is 21.8. The van der Waals surface area contributed by atoms with Crippen molar-refractivity contribution < 1.29 is 29.5 Å². The number of rotatable bonds is 18. The summed E-state index contributed by atoms with van der Waals surface area (Å²) in [5.41, 5.74) is 0. The molecule has 134 valence electrons. The van der Waals surface area contributed by atoms with Crippen molar-refractivity contribution in [3.05, 3.63) is 0 Å². The number of ether oxygens (including phenoxy) is 3. The SMILES string of the molecule is OCCCCCCCCCC(O)OCCOCCOCCO. The van der Waals surface area contributed by atoms with Crippen LogP contribution in [0.1, 0.15) is 51.4 Å². The van der Waals surface area contributed by atoms with Gasteiger partial charge in [0.15, 0.2) is 6.29 Å². The number of hydrogen-bond acceptors (Lipinski definition) is 6. The predicted molar refractivity (Wildman–Crippen MR) is 84.7 cm³/mol. The summed E-state index contributed by atoms with van der Waals surface area (Å²) in [5.74, 6) is 0. The third-order valence-electron chi connectivity index (χ3n) is 3.25. The van der Waals surface area contributed by atoms with E-state index in [2.05, 4.69) is 0 Å². The third kappa shape index (κ3) is 17.8. The molecule has 0 saturated heterocycles. The summed E-state index contributed by atoms with van der Waals surface area (Å²) in [6.45, 7) is 2.39. The zero-order valence-electron chi connectivity index (χ0n) is 13.8. The number of aliphatic hydroxyl groups excluding tert-OH is 3. The largest absolute Gasteiger partial charge is 0.396 e. The molecular weight excluding hydrogens is 288 g/mol. The van der Waals surface area contributed by atoms with Crippen molar-refractivity contribution in [1.82, 2.24) is 0 Å². The molecule has 0 aromatic rings. The highest BCUT2D eigenvalue weighted by molar-refractivity contribution is 4.49. The lowest BCUT2D eigenvalue weighted by Gasteiger charge is -2.12. The van der Waals surface area contributed by atoms with E-state index in [1.165, 1.54) is 19.3 Å². The monoisotopic (exact) mass is 322 g/mol. The minimum atomic E-state index is -0.705. The lowest BCUT2D eigenvalue weighted by molar-refractivity contribution is -0.118. The zero-order valence-corrected chi connectivity index (χ0v) is 13.8. The van der Waals surface area contributed by atoms with Crippen LogP contribution in [0.2, 0.25) is 0 Å². The Labute approximate surface area is 134 Å². The Morgan fingerprint density at radius 3 is 1.77 bits per heavy atom. The number of unbranched alkanes of at least 4 members (excludes halogenated alkanes) is 6. The van der Waals surface area contributed by atoms with Crippen LogP contribution < -0.4 is 0 Å². The zero-order chi connectivity index (χ0) is 16.3. The van der Waals surface area contributed by atoms with Crippen molar-refractivity contribution in [2.24, 2.45) is 0 Å². The average Bonchev–Trinajstić information content (AvgIpc) is 2.52. The van der Waals surface area contributed by atoms with Gasteiger partial charge in [-0.15, -0.1) is 0 Å². The van der Waals surface area contributed by atoms with Gasteiger partial charge in [-0.1, -0.05) is 32.1 Å². The van der Waals surface area contributed by atoms with Gasteiger partial charge in [-0.3, -0.25) is 0 Å². The van der Waals surface area contributed by atoms with E-state index in [-0.39, 0.29) is 6.61 Å². The molecule has 0 amide bonds. The maximum atomic E-state index is 9.64. The van der Waals surface area contributed by atoms with Crippen molar-refractivity contribution in [2.75, 3.05) is 46.2 Å². The van der Waals surface area contributed by atoms with E-state index in [1.54, 1.807) is 0 Å². The smallest absolute Gasteiger partial charge is 0.154 e. The summed E-state index contributed by atoms with van der Waals surface area (Å²) in [7, 11) is 0. The van der Waals surface area contributed by atoms with Crippen molar-refractivity contribution in [3.8, 4) is 0 Å². The van der Waals surface area contributed by atoms with Gasteiger partial charge in [-0.05, 0) is 19.3 Å².